The zero-order valence-corrected chi connectivity index (χ0v) is 18.1. The average Bonchev–Trinajstić information content (AvgIpc) is 3.32. The van der Waals surface area contributed by atoms with E-state index in [1.54, 1.807) is 30.0 Å². The van der Waals surface area contributed by atoms with Gasteiger partial charge in [0.05, 0.1) is 41.8 Å². The molecule has 10 heteroatoms. The summed E-state index contributed by atoms with van der Waals surface area (Å²) in [6, 6.07) is 14.8. The minimum atomic E-state index is -0.661. The maximum absolute atomic E-state index is 13.4. The fraction of sp³-hybridized carbons (Fsp3) is 0.167. The van der Waals surface area contributed by atoms with Gasteiger partial charge in [-0.15, -0.1) is 0 Å². The first kappa shape index (κ1) is 18.9. The van der Waals surface area contributed by atoms with Gasteiger partial charge in [-0.25, -0.2) is 4.98 Å². The number of nitrogens with one attached hydrogen (secondary N) is 1. The molecule has 5 aromatic rings. The Morgan fingerprint density at radius 3 is 2.71 bits per heavy atom. The number of methoxy groups -OCH3 is 1. The highest BCUT2D eigenvalue weighted by atomic mass is 16.6. The van der Waals surface area contributed by atoms with Gasteiger partial charge in [-0.1, -0.05) is 12.1 Å². The molecule has 5 heterocycles. The van der Waals surface area contributed by atoms with Crippen LogP contribution in [0.3, 0.4) is 0 Å². The number of hydrogen-bond donors (Lipinski definition) is 1. The van der Waals surface area contributed by atoms with E-state index in [2.05, 4.69) is 15.2 Å². The Morgan fingerprint density at radius 2 is 1.88 bits per heavy atom. The van der Waals surface area contributed by atoms with Gasteiger partial charge in [-0.05, 0) is 36.4 Å². The van der Waals surface area contributed by atoms with Crippen LogP contribution in [0, 0.1) is 0 Å². The van der Waals surface area contributed by atoms with Gasteiger partial charge in [0.15, 0.2) is 17.1 Å². The van der Waals surface area contributed by atoms with Gasteiger partial charge >= 0.3 is 0 Å². The highest BCUT2D eigenvalue weighted by molar-refractivity contribution is 6.02. The second-order valence-corrected chi connectivity index (χ2v) is 8.27. The molecule has 1 saturated heterocycles. The van der Waals surface area contributed by atoms with Crippen molar-refractivity contribution in [1.82, 2.24) is 24.7 Å². The maximum atomic E-state index is 13.4. The third-order valence-electron chi connectivity index (χ3n) is 6.28. The summed E-state index contributed by atoms with van der Waals surface area (Å²) in [5.41, 5.74) is 0.845. The molecule has 2 aromatic carbocycles. The topological polar surface area (TPSA) is 107 Å². The molecule has 168 valence electrons. The number of hydrogen-bond acceptors (Lipinski definition) is 8. The minimum absolute atomic E-state index is 0.224. The fourth-order valence-corrected chi connectivity index (χ4v) is 4.44. The van der Waals surface area contributed by atoms with Gasteiger partial charge < -0.3 is 14.2 Å². The molecule has 7 rings (SSSR count). The number of benzene rings is 2. The number of rotatable bonds is 3. The number of aromatic nitrogens is 5. The Kier molecular flexibility index (Phi) is 3.73. The lowest BCUT2D eigenvalue weighted by Gasteiger charge is -2.26. The first-order valence-electron chi connectivity index (χ1n) is 10.7. The Bertz CT molecular complexity index is 1640. The van der Waals surface area contributed by atoms with Crippen LogP contribution in [-0.2, 0) is 0 Å². The number of H-pyrrole nitrogens is 1. The van der Waals surface area contributed by atoms with Crippen LogP contribution in [0.1, 0.15) is 0 Å². The molecule has 0 aliphatic carbocycles. The number of aromatic amines is 1. The molecule has 1 spiro atoms. The van der Waals surface area contributed by atoms with Crippen LogP contribution in [0.4, 0.5) is 5.95 Å². The van der Waals surface area contributed by atoms with Gasteiger partial charge in [0.2, 0.25) is 11.7 Å². The number of para-hydroxylation sites is 2. The fourth-order valence-electron chi connectivity index (χ4n) is 4.44. The molecule has 34 heavy (non-hydrogen) atoms. The molecule has 0 radical (unpaired) electrons. The van der Waals surface area contributed by atoms with Crippen molar-refractivity contribution in [2.45, 2.75) is 5.72 Å². The van der Waals surface area contributed by atoms with E-state index in [1.165, 1.54) is 6.20 Å². The summed E-state index contributed by atoms with van der Waals surface area (Å²) in [7, 11) is 1.60. The predicted molar refractivity (Wildman–Crippen MR) is 124 cm³/mol. The van der Waals surface area contributed by atoms with E-state index >= 15 is 0 Å². The summed E-state index contributed by atoms with van der Waals surface area (Å²) in [6.07, 6.45) is 3.23. The largest absolute Gasteiger partial charge is 0.497 e. The Hall–Kier alpha value is -4.60. The van der Waals surface area contributed by atoms with Crippen LogP contribution >= 0.6 is 0 Å². The molecule has 1 N–H and O–H groups in total. The van der Waals surface area contributed by atoms with Crippen molar-refractivity contribution in [2.75, 3.05) is 25.2 Å². The number of anilines is 1. The van der Waals surface area contributed by atoms with Crippen LogP contribution in [0.5, 0.6) is 17.2 Å². The van der Waals surface area contributed by atoms with E-state index in [-0.39, 0.29) is 5.56 Å². The highest BCUT2D eigenvalue weighted by Crippen LogP contribution is 2.45. The molecule has 0 saturated carbocycles. The normalized spacial score (nSPS) is 18.6. The van der Waals surface area contributed by atoms with Crippen LogP contribution in [0.15, 0.2) is 65.7 Å². The second-order valence-electron chi connectivity index (χ2n) is 8.27. The Balaban J connectivity index is 1.37. The lowest BCUT2D eigenvalue weighted by Crippen LogP contribution is -2.37. The lowest BCUT2D eigenvalue weighted by molar-refractivity contribution is 0.0758. The third kappa shape index (κ3) is 2.62. The SMILES string of the molecule is COc1ccc(-n2c(=O)c3cn[nH]c3c3cnc(N4CC45COc4ccccc4O5)nc32)cc1. The molecule has 2 aliphatic heterocycles. The van der Waals surface area contributed by atoms with Crippen molar-refractivity contribution in [3.63, 3.8) is 0 Å². The van der Waals surface area contributed by atoms with E-state index in [0.717, 1.165) is 5.75 Å². The highest BCUT2D eigenvalue weighted by Gasteiger charge is 2.59. The first-order valence-corrected chi connectivity index (χ1v) is 10.7. The minimum Gasteiger partial charge on any atom is -0.497 e. The summed E-state index contributed by atoms with van der Waals surface area (Å²) < 4.78 is 19.0. The number of nitrogens with zero attached hydrogens (tertiary/aromatic N) is 5. The van der Waals surface area contributed by atoms with Crippen LogP contribution in [0.25, 0.3) is 27.6 Å². The average molecular weight is 454 g/mol. The quantitative estimate of drug-likeness (QED) is 0.415. The van der Waals surface area contributed by atoms with Gasteiger partial charge in [-0.2, -0.15) is 10.1 Å². The molecule has 2 aliphatic rings. The van der Waals surface area contributed by atoms with Crippen molar-refractivity contribution in [3.05, 3.63) is 71.3 Å². The zero-order chi connectivity index (χ0) is 22.9. The van der Waals surface area contributed by atoms with E-state index < -0.39 is 5.72 Å². The van der Waals surface area contributed by atoms with E-state index in [4.69, 9.17) is 19.2 Å². The van der Waals surface area contributed by atoms with E-state index in [0.29, 0.717) is 58.2 Å². The van der Waals surface area contributed by atoms with Crippen LogP contribution in [-0.4, -0.2) is 50.7 Å². The lowest BCUT2D eigenvalue weighted by atomic mass is 10.2. The van der Waals surface area contributed by atoms with Gasteiger partial charge in [0, 0.05) is 6.20 Å². The molecule has 1 fully saturated rings. The van der Waals surface area contributed by atoms with Crippen molar-refractivity contribution in [1.29, 1.82) is 0 Å². The standard InChI is InChI=1S/C24H18N6O4/c1-32-15-8-6-14(7-9-15)30-21-16(20-17(22(30)31)11-26-28-20)10-25-23(27-21)29-12-24(29)13-33-18-4-2-3-5-19(18)34-24/h2-11H,12-13H2,1H3,(H,26,28). The molecular formula is C24H18N6O4. The molecule has 0 bridgehead atoms. The Labute approximate surface area is 192 Å². The summed E-state index contributed by atoms with van der Waals surface area (Å²) in [4.78, 5) is 24.8. The summed E-state index contributed by atoms with van der Waals surface area (Å²) in [6.45, 7) is 0.933. The second kappa shape index (κ2) is 6.70. The van der Waals surface area contributed by atoms with Gasteiger partial charge in [0.1, 0.15) is 12.4 Å². The monoisotopic (exact) mass is 454 g/mol. The van der Waals surface area contributed by atoms with E-state index in [9.17, 15) is 4.79 Å². The van der Waals surface area contributed by atoms with Crippen molar-refractivity contribution in [2.24, 2.45) is 0 Å². The van der Waals surface area contributed by atoms with Crippen molar-refractivity contribution >= 4 is 27.9 Å². The number of ether oxygens (including phenoxy) is 3. The molecule has 1 unspecified atom stereocenters. The van der Waals surface area contributed by atoms with Crippen LogP contribution < -0.4 is 24.7 Å². The van der Waals surface area contributed by atoms with Gasteiger partial charge in [0.25, 0.3) is 5.56 Å². The number of pyridine rings is 1. The van der Waals surface area contributed by atoms with Crippen LogP contribution in [0.2, 0.25) is 0 Å². The van der Waals surface area contributed by atoms with Crippen molar-refractivity contribution < 1.29 is 14.2 Å². The molecule has 1 atom stereocenters. The smallest absolute Gasteiger partial charge is 0.267 e. The van der Waals surface area contributed by atoms with E-state index in [1.807, 2.05) is 41.3 Å². The zero-order valence-electron chi connectivity index (χ0n) is 18.1. The molecule has 3 aromatic heterocycles. The predicted octanol–water partition coefficient (Wildman–Crippen LogP) is 2.65. The summed E-state index contributed by atoms with van der Waals surface area (Å²) >= 11 is 0. The van der Waals surface area contributed by atoms with Crippen molar-refractivity contribution in [3.8, 4) is 22.9 Å². The molecule has 0 amide bonds. The Morgan fingerprint density at radius 1 is 1.06 bits per heavy atom. The number of fused-ring (bicyclic) bond motifs is 4. The third-order valence-corrected chi connectivity index (χ3v) is 6.28. The first-order chi connectivity index (χ1) is 16.7. The maximum Gasteiger partial charge on any atom is 0.267 e. The van der Waals surface area contributed by atoms with Gasteiger partial charge in [-0.3, -0.25) is 19.4 Å². The summed E-state index contributed by atoms with van der Waals surface area (Å²) in [5, 5.41) is 8.13. The summed E-state index contributed by atoms with van der Waals surface area (Å²) in [5.74, 6) is 2.55. The molecular weight excluding hydrogens is 436 g/mol. The molecule has 10 nitrogen and oxygen atoms in total.